The van der Waals surface area contributed by atoms with Gasteiger partial charge in [0.1, 0.15) is 11.9 Å². The second kappa shape index (κ2) is 8.16. The molecular formula is C19H24N6O3S. The SMILES string of the molecule is CC[C@H](C)[C@H](N=C1NS(=O)(=O)c2ccccc21)C(=O)NNc1nc(C)cc(C)n1. The molecule has 154 valence electrons. The summed E-state index contributed by atoms with van der Waals surface area (Å²) in [7, 11) is -3.67. The summed E-state index contributed by atoms with van der Waals surface area (Å²) < 4.78 is 27.1. The van der Waals surface area contributed by atoms with E-state index in [-0.39, 0.29) is 22.6 Å². The highest BCUT2D eigenvalue weighted by molar-refractivity contribution is 7.90. The molecule has 1 amide bonds. The number of fused-ring (bicyclic) bond motifs is 1. The van der Waals surface area contributed by atoms with Crippen LogP contribution >= 0.6 is 0 Å². The number of benzene rings is 1. The fraction of sp³-hybridized carbons (Fsp3) is 0.368. The van der Waals surface area contributed by atoms with Gasteiger partial charge in [-0.05, 0) is 38.0 Å². The van der Waals surface area contributed by atoms with Gasteiger partial charge in [0.15, 0.2) is 0 Å². The summed E-state index contributed by atoms with van der Waals surface area (Å²) in [6, 6.07) is 7.57. The van der Waals surface area contributed by atoms with Gasteiger partial charge in [0.05, 0.1) is 4.90 Å². The number of rotatable bonds is 6. The highest BCUT2D eigenvalue weighted by atomic mass is 32.2. The van der Waals surface area contributed by atoms with Crippen molar-refractivity contribution in [2.45, 2.75) is 45.1 Å². The van der Waals surface area contributed by atoms with Gasteiger partial charge in [0.25, 0.3) is 15.9 Å². The average Bonchev–Trinajstić information content (AvgIpc) is 2.93. The van der Waals surface area contributed by atoms with Crippen LogP contribution in [0, 0.1) is 19.8 Å². The molecular weight excluding hydrogens is 392 g/mol. The minimum Gasteiger partial charge on any atom is -0.271 e. The van der Waals surface area contributed by atoms with Crippen LogP contribution in [-0.4, -0.2) is 36.2 Å². The topological polar surface area (TPSA) is 125 Å². The van der Waals surface area contributed by atoms with E-state index in [2.05, 4.69) is 30.5 Å². The number of aromatic nitrogens is 2. The largest absolute Gasteiger partial charge is 0.271 e. The van der Waals surface area contributed by atoms with Crippen molar-refractivity contribution in [2.24, 2.45) is 10.9 Å². The fourth-order valence-electron chi connectivity index (χ4n) is 3.01. The molecule has 3 rings (SSSR count). The maximum absolute atomic E-state index is 12.8. The van der Waals surface area contributed by atoms with E-state index in [0.717, 1.165) is 11.4 Å². The standard InChI is InChI=1S/C19H24N6O3S/c1-5-11(2)16(18(26)23-24-19-20-12(3)10-13(4)21-19)22-17-14-8-6-7-9-15(14)29(27,28)25-17/h6-11,16H,5H2,1-4H3,(H,22,25)(H,23,26)(H,20,21,24)/t11-,16-/m0/s1. The maximum Gasteiger partial charge on any atom is 0.263 e. The number of hydrogen-bond acceptors (Lipinski definition) is 7. The number of anilines is 1. The number of hydrogen-bond donors (Lipinski definition) is 3. The van der Waals surface area contributed by atoms with Gasteiger partial charge in [0.2, 0.25) is 5.95 Å². The Labute approximate surface area is 170 Å². The first-order valence-electron chi connectivity index (χ1n) is 9.29. The first kappa shape index (κ1) is 20.7. The highest BCUT2D eigenvalue weighted by Crippen LogP contribution is 2.24. The van der Waals surface area contributed by atoms with Gasteiger partial charge < -0.3 is 0 Å². The lowest BCUT2D eigenvalue weighted by atomic mass is 9.99. The van der Waals surface area contributed by atoms with Gasteiger partial charge in [-0.25, -0.2) is 18.4 Å². The molecule has 9 nitrogen and oxygen atoms in total. The van der Waals surface area contributed by atoms with Crippen LogP contribution in [0.2, 0.25) is 0 Å². The molecule has 1 aromatic carbocycles. The van der Waals surface area contributed by atoms with Crippen LogP contribution in [0.1, 0.15) is 37.2 Å². The van der Waals surface area contributed by atoms with Crippen LogP contribution < -0.4 is 15.6 Å². The number of carbonyl (C=O) groups is 1. The quantitative estimate of drug-likeness (QED) is 0.615. The van der Waals surface area contributed by atoms with Crippen molar-refractivity contribution >= 4 is 27.7 Å². The van der Waals surface area contributed by atoms with Crippen molar-refractivity contribution in [3.63, 3.8) is 0 Å². The van der Waals surface area contributed by atoms with Crippen molar-refractivity contribution in [3.05, 3.63) is 47.3 Å². The third kappa shape index (κ3) is 4.53. The van der Waals surface area contributed by atoms with Crippen molar-refractivity contribution < 1.29 is 13.2 Å². The molecule has 3 N–H and O–H groups in total. The Morgan fingerprint density at radius 2 is 1.86 bits per heavy atom. The Morgan fingerprint density at radius 3 is 2.52 bits per heavy atom. The Hall–Kier alpha value is -3.01. The first-order valence-corrected chi connectivity index (χ1v) is 10.8. The maximum atomic E-state index is 12.8. The molecule has 0 aliphatic carbocycles. The van der Waals surface area contributed by atoms with E-state index in [4.69, 9.17) is 0 Å². The molecule has 0 radical (unpaired) electrons. The Bertz CT molecular complexity index is 1050. The molecule has 2 heterocycles. The summed E-state index contributed by atoms with van der Waals surface area (Å²) in [5, 5.41) is 0. The number of aryl methyl sites for hydroxylation is 2. The molecule has 0 unspecified atom stereocenters. The van der Waals surface area contributed by atoms with E-state index < -0.39 is 22.0 Å². The zero-order valence-corrected chi connectivity index (χ0v) is 17.5. The van der Waals surface area contributed by atoms with Crippen LogP contribution in [-0.2, 0) is 14.8 Å². The molecule has 1 aromatic heterocycles. The number of amides is 1. The second-order valence-electron chi connectivity index (χ2n) is 7.00. The molecule has 1 aliphatic rings. The lowest BCUT2D eigenvalue weighted by molar-refractivity contribution is -0.122. The van der Waals surface area contributed by atoms with Gasteiger partial charge in [0, 0.05) is 17.0 Å². The van der Waals surface area contributed by atoms with E-state index >= 15 is 0 Å². The summed E-state index contributed by atoms with van der Waals surface area (Å²) >= 11 is 0. The Balaban J connectivity index is 1.85. The van der Waals surface area contributed by atoms with Crippen LogP contribution in [0.25, 0.3) is 0 Å². The van der Waals surface area contributed by atoms with E-state index in [1.54, 1.807) is 18.2 Å². The summed E-state index contributed by atoms with van der Waals surface area (Å²) in [5.74, 6) is -0.0815. The van der Waals surface area contributed by atoms with Gasteiger partial charge in [-0.1, -0.05) is 32.4 Å². The molecule has 0 saturated heterocycles. The van der Waals surface area contributed by atoms with E-state index in [1.807, 2.05) is 33.8 Å². The van der Waals surface area contributed by atoms with E-state index in [0.29, 0.717) is 12.0 Å². The van der Waals surface area contributed by atoms with Crippen molar-refractivity contribution in [2.75, 3.05) is 5.43 Å². The number of carbonyl (C=O) groups excluding carboxylic acids is 1. The third-order valence-corrected chi connectivity index (χ3v) is 6.06. The highest BCUT2D eigenvalue weighted by Gasteiger charge is 2.33. The minimum atomic E-state index is -3.67. The Kier molecular flexibility index (Phi) is 5.83. The van der Waals surface area contributed by atoms with Crippen LogP contribution in [0.15, 0.2) is 40.2 Å². The molecule has 0 bridgehead atoms. The molecule has 10 heteroatoms. The number of nitrogens with one attached hydrogen (secondary N) is 3. The van der Waals surface area contributed by atoms with Crippen molar-refractivity contribution in [1.82, 2.24) is 20.1 Å². The van der Waals surface area contributed by atoms with Crippen LogP contribution in [0.3, 0.4) is 0 Å². The summed E-state index contributed by atoms with van der Waals surface area (Å²) in [6.07, 6.45) is 0.684. The molecule has 0 saturated carbocycles. The lowest BCUT2D eigenvalue weighted by Gasteiger charge is -2.19. The molecule has 2 atom stereocenters. The lowest BCUT2D eigenvalue weighted by Crippen LogP contribution is -2.42. The number of nitrogens with zero attached hydrogens (tertiary/aromatic N) is 3. The predicted octanol–water partition coefficient (Wildman–Crippen LogP) is 1.69. The summed E-state index contributed by atoms with van der Waals surface area (Å²) in [4.78, 5) is 25.9. The Morgan fingerprint density at radius 1 is 1.21 bits per heavy atom. The zero-order chi connectivity index (χ0) is 21.2. The third-order valence-electron chi connectivity index (χ3n) is 4.66. The normalized spacial score (nSPS) is 17.9. The average molecular weight is 417 g/mol. The van der Waals surface area contributed by atoms with Gasteiger partial charge in [-0.3, -0.25) is 25.4 Å². The van der Waals surface area contributed by atoms with Gasteiger partial charge in [-0.2, -0.15) is 0 Å². The van der Waals surface area contributed by atoms with Gasteiger partial charge in [-0.15, -0.1) is 0 Å². The number of hydrazine groups is 1. The van der Waals surface area contributed by atoms with Crippen LogP contribution in [0.5, 0.6) is 0 Å². The van der Waals surface area contributed by atoms with E-state index in [1.165, 1.54) is 6.07 Å². The summed E-state index contributed by atoms with van der Waals surface area (Å²) in [6.45, 7) is 7.49. The molecule has 2 aromatic rings. The molecule has 1 aliphatic heterocycles. The zero-order valence-electron chi connectivity index (χ0n) is 16.7. The first-order chi connectivity index (χ1) is 13.7. The minimum absolute atomic E-state index is 0.123. The molecule has 0 spiro atoms. The number of aliphatic imine (C=N–C) groups is 1. The smallest absolute Gasteiger partial charge is 0.263 e. The van der Waals surface area contributed by atoms with Crippen molar-refractivity contribution in [3.8, 4) is 0 Å². The predicted molar refractivity (Wildman–Crippen MR) is 110 cm³/mol. The van der Waals surface area contributed by atoms with Gasteiger partial charge >= 0.3 is 0 Å². The van der Waals surface area contributed by atoms with E-state index in [9.17, 15) is 13.2 Å². The van der Waals surface area contributed by atoms with Crippen LogP contribution in [0.4, 0.5) is 5.95 Å². The molecule has 0 fully saturated rings. The summed E-state index contributed by atoms with van der Waals surface area (Å²) in [5.41, 5.74) is 7.30. The monoisotopic (exact) mass is 416 g/mol. The molecule has 29 heavy (non-hydrogen) atoms. The van der Waals surface area contributed by atoms with Crippen molar-refractivity contribution in [1.29, 1.82) is 0 Å². The number of amidine groups is 1. The number of sulfonamides is 1. The fourth-order valence-corrected chi connectivity index (χ4v) is 4.25. The second-order valence-corrected chi connectivity index (χ2v) is 8.65.